The van der Waals surface area contributed by atoms with Crippen molar-refractivity contribution in [2.45, 2.75) is 31.3 Å². The van der Waals surface area contributed by atoms with E-state index in [1.165, 1.54) is 10.4 Å². The van der Waals surface area contributed by atoms with Gasteiger partial charge in [-0.15, -0.1) is 11.3 Å². The van der Waals surface area contributed by atoms with Crippen molar-refractivity contribution in [3.63, 3.8) is 0 Å². The summed E-state index contributed by atoms with van der Waals surface area (Å²) in [6, 6.07) is 8.66. The molecule has 1 aliphatic heterocycles. The van der Waals surface area contributed by atoms with Crippen molar-refractivity contribution in [1.82, 2.24) is 14.5 Å². The Hall–Kier alpha value is -1.88. The molecule has 0 radical (unpaired) electrons. The van der Waals surface area contributed by atoms with Gasteiger partial charge in [0.15, 0.2) is 0 Å². The first-order chi connectivity index (χ1) is 14.7. The lowest BCUT2D eigenvalue weighted by Crippen LogP contribution is -2.38. The molecule has 1 aromatic heterocycles. The maximum Gasteiger partial charge on any atom is 0.263 e. The quantitative estimate of drug-likeness (QED) is 0.657. The summed E-state index contributed by atoms with van der Waals surface area (Å²) in [4.78, 5) is 27.0. The van der Waals surface area contributed by atoms with Crippen LogP contribution in [-0.4, -0.2) is 67.1 Å². The summed E-state index contributed by atoms with van der Waals surface area (Å²) in [6.07, 6.45) is 0. The van der Waals surface area contributed by atoms with Crippen molar-refractivity contribution in [1.29, 1.82) is 0 Å². The Morgan fingerprint density at radius 2 is 1.77 bits per heavy atom. The highest BCUT2D eigenvalue weighted by atomic mass is 32.2. The molecule has 0 aliphatic carbocycles. The van der Waals surface area contributed by atoms with Crippen molar-refractivity contribution in [3.05, 3.63) is 51.7 Å². The van der Waals surface area contributed by atoms with Gasteiger partial charge in [0.1, 0.15) is 9.77 Å². The molecule has 2 aromatic rings. The van der Waals surface area contributed by atoms with Crippen LogP contribution in [0.25, 0.3) is 0 Å². The number of amides is 2. The van der Waals surface area contributed by atoms with Crippen LogP contribution in [0.5, 0.6) is 0 Å². The molecule has 0 atom stereocenters. The third kappa shape index (κ3) is 5.49. The molecule has 0 saturated carbocycles. The second-order valence-electron chi connectivity index (χ2n) is 7.52. The third-order valence-electron chi connectivity index (χ3n) is 5.17. The van der Waals surface area contributed by atoms with Gasteiger partial charge in [-0.05, 0) is 43.0 Å². The van der Waals surface area contributed by atoms with Crippen molar-refractivity contribution < 1.29 is 18.0 Å². The molecule has 1 fully saturated rings. The molecule has 0 bridgehead atoms. The molecule has 31 heavy (non-hydrogen) atoms. The number of hydrogen-bond donors (Lipinski definition) is 1. The standard InChI is InChI=1S/C21H27N3O4S3/c1-15(2)23(3)21(26)17-6-4-16(5-7-17)14-22-20(25)19-18(8-11-30-19)31(27,28)24-9-12-29-13-10-24/h4-8,11,15H,9-10,12-14H2,1-3H3,(H,22,25). The van der Waals surface area contributed by atoms with Gasteiger partial charge in [0, 0.05) is 49.8 Å². The van der Waals surface area contributed by atoms with Crippen molar-refractivity contribution >= 4 is 44.9 Å². The normalized spacial score (nSPS) is 15.1. The number of thioether (sulfide) groups is 1. The SMILES string of the molecule is CC(C)N(C)C(=O)c1ccc(CNC(=O)c2sccc2S(=O)(=O)N2CCSCC2)cc1. The van der Waals surface area contributed by atoms with Gasteiger partial charge < -0.3 is 10.2 Å². The smallest absolute Gasteiger partial charge is 0.263 e. The minimum atomic E-state index is -3.68. The largest absolute Gasteiger partial charge is 0.347 e. The summed E-state index contributed by atoms with van der Waals surface area (Å²) in [7, 11) is -1.92. The van der Waals surface area contributed by atoms with Gasteiger partial charge in [0.05, 0.1) is 0 Å². The van der Waals surface area contributed by atoms with Crippen LogP contribution in [0.1, 0.15) is 39.4 Å². The Morgan fingerprint density at radius 1 is 1.13 bits per heavy atom. The van der Waals surface area contributed by atoms with Gasteiger partial charge in [0.25, 0.3) is 11.8 Å². The molecule has 1 aliphatic rings. The number of carbonyl (C=O) groups excluding carboxylic acids is 2. The van der Waals surface area contributed by atoms with E-state index >= 15 is 0 Å². The maximum absolute atomic E-state index is 13.0. The minimum absolute atomic E-state index is 0.0601. The summed E-state index contributed by atoms with van der Waals surface area (Å²) in [6.45, 7) is 5.06. The number of nitrogens with zero attached hydrogens (tertiary/aromatic N) is 2. The molecule has 10 heteroatoms. The minimum Gasteiger partial charge on any atom is -0.347 e. The topological polar surface area (TPSA) is 86.8 Å². The fourth-order valence-corrected chi connectivity index (χ4v) is 6.95. The molecule has 1 saturated heterocycles. The number of carbonyl (C=O) groups is 2. The Balaban J connectivity index is 1.66. The van der Waals surface area contributed by atoms with E-state index in [1.807, 2.05) is 13.8 Å². The zero-order valence-corrected chi connectivity index (χ0v) is 20.3. The average Bonchev–Trinajstić information content (AvgIpc) is 3.28. The first kappa shape index (κ1) is 23.8. The summed E-state index contributed by atoms with van der Waals surface area (Å²) in [5.74, 6) is 1.04. The fourth-order valence-electron chi connectivity index (χ4n) is 3.06. The van der Waals surface area contributed by atoms with E-state index in [0.717, 1.165) is 28.4 Å². The predicted molar refractivity (Wildman–Crippen MR) is 125 cm³/mol. The highest BCUT2D eigenvalue weighted by molar-refractivity contribution is 7.99. The lowest BCUT2D eigenvalue weighted by molar-refractivity contribution is 0.0754. The molecule has 7 nitrogen and oxygen atoms in total. The van der Waals surface area contributed by atoms with Crippen LogP contribution in [0.2, 0.25) is 0 Å². The van der Waals surface area contributed by atoms with E-state index in [9.17, 15) is 18.0 Å². The second kappa shape index (κ2) is 10.2. The van der Waals surface area contributed by atoms with Crippen LogP contribution in [0, 0.1) is 0 Å². The molecule has 0 unspecified atom stereocenters. The number of nitrogens with one attached hydrogen (secondary N) is 1. The van der Waals surface area contributed by atoms with Crippen molar-refractivity contribution in [2.24, 2.45) is 0 Å². The summed E-state index contributed by atoms with van der Waals surface area (Å²) < 4.78 is 27.4. The second-order valence-corrected chi connectivity index (χ2v) is 11.6. The van der Waals surface area contributed by atoms with E-state index in [0.29, 0.717) is 18.7 Å². The first-order valence-corrected chi connectivity index (χ1v) is 13.5. The average molecular weight is 482 g/mol. The summed E-state index contributed by atoms with van der Waals surface area (Å²) >= 11 is 2.85. The van der Waals surface area contributed by atoms with Gasteiger partial charge >= 0.3 is 0 Å². The number of sulfonamides is 1. The van der Waals surface area contributed by atoms with E-state index in [2.05, 4.69) is 5.32 Å². The summed E-state index contributed by atoms with van der Waals surface area (Å²) in [5, 5.41) is 4.43. The Morgan fingerprint density at radius 3 is 2.39 bits per heavy atom. The van der Waals surface area contributed by atoms with Crippen molar-refractivity contribution in [2.75, 3.05) is 31.6 Å². The maximum atomic E-state index is 13.0. The monoisotopic (exact) mass is 481 g/mol. The van der Waals surface area contributed by atoms with E-state index < -0.39 is 15.9 Å². The molecule has 2 amide bonds. The van der Waals surface area contributed by atoms with Crippen LogP contribution >= 0.6 is 23.1 Å². The van der Waals surface area contributed by atoms with Crippen LogP contribution in [0.15, 0.2) is 40.6 Å². The zero-order chi connectivity index (χ0) is 22.6. The van der Waals surface area contributed by atoms with Gasteiger partial charge in [-0.1, -0.05) is 12.1 Å². The lowest BCUT2D eigenvalue weighted by Gasteiger charge is -2.25. The molecule has 3 rings (SSSR count). The van der Waals surface area contributed by atoms with Crippen LogP contribution < -0.4 is 5.32 Å². The summed E-state index contributed by atoms with van der Waals surface area (Å²) in [5.41, 5.74) is 1.41. The van der Waals surface area contributed by atoms with Crippen LogP contribution in [0.4, 0.5) is 0 Å². The van der Waals surface area contributed by atoms with Crippen LogP contribution in [0.3, 0.4) is 0 Å². The highest BCUT2D eigenvalue weighted by Crippen LogP contribution is 2.27. The molecule has 1 N–H and O–H groups in total. The highest BCUT2D eigenvalue weighted by Gasteiger charge is 2.31. The molecular weight excluding hydrogens is 454 g/mol. The van der Waals surface area contributed by atoms with Gasteiger partial charge in [-0.2, -0.15) is 16.1 Å². The molecule has 1 aromatic carbocycles. The first-order valence-electron chi connectivity index (χ1n) is 10.0. The van der Waals surface area contributed by atoms with E-state index in [4.69, 9.17) is 0 Å². The number of hydrogen-bond acceptors (Lipinski definition) is 6. The van der Waals surface area contributed by atoms with Crippen LogP contribution in [-0.2, 0) is 16.6 Å². The predicted octanol–water partition coefficient (Wildman–Crippen LogP) is 2.90. The molecule has 2 heterocycles. The van der Waals surface area contributed by atoms with Gasteiger partial charge in [0.2, 0.25) is 10.0 Å². The Kier molecular flexibility index (Phi) is 7.79. The lowest BCUT2D eigenvalue weighted by atomic mass is 10.1. The number of thiophene rings is 1. The Bertz CT molecular complexity index is 1030. The van der Waals surface area contributed by atoms with Crippen molar-refractivity contribution in [3.8, 4) is 0 Å². The molecular formula is C21H27N3O4S3. The number of benzene rings is 1. The van der Waals surface area contributed by atoms with Gasteiger partial charge in [-0.25, -0.2) is 8.42 Å². The van der Waals surface area contributed by atoms with E-state index in [-0.39, 0.29) is 28.3 Å². The Labute approximate surface area is 191 Å². The number of rotatable bonds is 7. The molecule has 168 valence electrons. The molecule has 0 spiro atoms. The zero-order valence-electron chi connectivity index (χ0n) is 17.8. The fraction of sp³-hybridized carbons (Fsp3) is 0.429. The van der Waals surface area contributed by atoms with E-state index in [1.54, 1.807) is 53.4 Å². The third-order valence-corrected chi connectivity index (χ3v) is 9.10. The van der Waals surface area contributed by atoms with Gasteiger partial charge in [-0.3, -0.25) is 9.59 Å².